The van der Waals surface area contributed by atoms with Crippen molar-refractivity contribution in [1.29, 1.82) is 0 Å². The minimum Gasteiger partial charge on any atom is -0.362 e. The zero-order valence-electron chi connectivity index (χ0n) is 17.5. The third-order valence-electron chi connectivity index (χ3n) is 3.61. The molecular weight excluding hydrogens is 377 g/mol. The number of amides is 1. The minimum atomic E-state index is -0.343. The first-order valence-corrected chi connectivity index (χ1v) is 9.73. The molecule has 0 aliphatic carbocycles. The van der Waals surface area contributed by atoms with Crippen LogP contribution in [0.15, 0.2) is 59.2 Å². The van der Waals surface area contributed by atoms with Crippen molar-refractivity contribution in [2.24, 2.45) is 5.16 Å². The normalized spacial score (nSPS) is 12.6. The molecule has 1 amide bonds. The summed E-state index contributed by atoms with van der Waals surface area (Å²) in [6.07, 6.45) is 9.49. The second kappa shape index (κ2) is 14.5. The molecule has 1 aromatic rings. The van der Waals surface area contributed by atoms with Gasteiger partial charge in [0, 0.05) is 49.8 Å². The van der Waals surface area contributed by atoms with Gasteiger partial charge in [0.15, 0.2) is 0 Å². The summed E-state index contributed by atoms with van der Waals surface area (Å²) in [5.74, 6) is 0.475. The van der Waals surface area contributed by atoms with Gasteiger partial charge in [0.2, 0.25) is 5.91 Å². The number of nitrogens with zero attached hydrogens (tertiary/aromatic N) is 3. The molecule has 0 N–H and O–H groups in total. The highest BCUT2D eigenvalue weighted by Crippen LogP contribution is 2.20. The van der Waals surface area contributed by atoms with Crippen LogP contribution in [-0.2, 0) is 9.63 Å². The Morgan fingerprint density at radius 2 is 2.11 bits per heavy atom. The van der Waals surface area contributed by atoms with Crippen molar-refractivity contribution in [3.63, 3.8) is 0 Å². The second-order valence-electron chi connectivity index (χ2n) is 6.05. The monoisotopic (exact) mass is 407 g/mol. The van der Waals surface area contributed by atoms with Crippen LogP contribution in [0, 0.1) is 0 Å². The lowest BCUT2D eigenvalue weighted by atomic mass is 10.3. The van der Waals surface area contributed by atoms with E-state index in [-0.39, 0.29) is 11.7 Å². The third-order valence-corrected chi connectivity index (χ3v) is 4.50. The van der Waals surface area contributed by atoms with Crippen molar-refractivity contribution in [3.05, 3.63) is 59.1 Å². The van der Waals surface area contributed by atoms with E-state index in [1.807, 2.05) is 33.1 Å². The van der Waals surface area contributed by atoms with Crippen LogP contribution in [0.2, 0.25) is 0 Å². The molecule has 0 aliphatic rings. The van der Waals surface area contributed by atoms with Crippen LogP contribution >= 0.6 is 11.3 Å². The molecule has 5 nitrogen and oxygen atoms in total. The fourth-order valence-electron chi connectivity index (χ4n) is 1.56. The Morgan fingerprint density at radius 3 is 2.57 bits per heavy atom. The summed E-state index contributed by atoms with van der Waals surface area (Å²) in [5.41, 5.74) is 0.952. The number of carbonyl (C=O) groups is 1. The molecule has 0 unspecified atom stereocenters. The molecule has 0 aromatic carbocycles. The topological polar surface area (TPSA) is 54.8 Å². The summed E-state index contributed by atoms with van der Waals surface area (Å²) in [7, 11) is 1.80. The highest BCUT2D eigenvalue weighted by Gasteiger charge is 2.04. The maximum atomic E-state index is 12.9. The maximum absolute atomic E-state index is 12.9. The fraction of sp³-hybridized carbons (Fsp3) is 0.381. The Balaban J connectivity index is 0.000000769. The second-order valence-corrected chi connectivity index (χ2v) is 6.94. The molecule has 0 radical (unpaired) electrons. The van der Waals surface area contributed by atoms with Gasteiger partial charge < -0.3 is 9.74 Å². The Kier molecular flexibility index (Phi) is 13.2. The number of carbonyl (C=O) groups excluding carboxylic acids is 1. The maximum Gasteiger partial charge on any atom is 0.219 e. The average molecular weight is 408 g/mol. The molecule has 7 heteroatoms. The van der Waals surface area contributed by atoms with Gasteiger partial charge in [0.25, 0.3) is 0 Å². The zero-order chi connectivity index (χ0) is 21.5. The van der Waals surface area contributed by atoms with Gasteiger partial charge in [-0.3, -0.25) is 4.79 Å². The zero-order valence-corrected chi connectivity index (χ0v) is 18.3. The molecule has 0 atom stereocenters. The number of hydrogen-bond acceptors (Lipinski definition) is 5. The van der Waals surface area contributed by atoms with Crippen molar-refractivity contribution in [1.82, 2.24) is 9.88 Å². The molecule has 0 aliphatic heterocycles. The number of halogens is 1. The van der Waals surface area contributed by atoms with Crippen LogP contribution in [0.3, 0.4) is 0 Å². The Bertz CT molecular complexity index is 720. The summed E-state index contributed by atoms with van der Waals surface area (Å²) in [4.78, 5) is 21.6. The summed E-state index contributed by atoms with van der Waals surface area (Å²) < 4.78 is 12.9. The smallest absolute Gasteiger partial charge is 0.219 e. The van der Waals surface area contributed by atoms with E-state index in [1.165, 1.54) is 18.2 Å². The van der Waals surface area contributed by atoms with Gasteiger partial charge in [-0.1, -0.05) is 23.9 Å². The molecule has 0 fully saturated rings. The molecule has 1 rings (SSSR count). The number of thiazole rings is 1. The average Bonchev–Trinajstić information content (AvgIpc) is 3.18. The lowest BCUT2D eigenvalue weighted by Gasteiger charge is -2.18. The molecule has 28 heavy (non-hydrogen) atoms. The predicted octanol–water partition coefficient (Wildman–Crippen LogP) is 5.76. The van der Waals surface area contributed by atoms with Crippen LogP contribution in [0.25, 0.3) is 5.57 Å². The van der Waals surface area contributed by atoms with E-state index in [0.29, 0.717) is 18.2 Å². The van der Waals surface area contributed by atoms with Gasteiger partial charge in [0.1, 0.15) is 16.6 Å². The van der Waals surface area contributed by atoms with Crippen LogP contribution < -0.4 is 0 Å². The summed E-state index contributed by atoms with van der Waals surface area (Å²) in [6.45, 7) is 12.7. The number of oxime groups is 1. The van der Waals surface area contributed by atoms with Crippen LogP contribution in [-0.4, -0.2) is 35.1 Å². The van der Waals surface area contributed by atoms with Crippen molar-refractivity contribution in [2.75, 3.05) is 7.05 Å². The number of aromatic nitrogens is 1. The van der Waals surface area contributed by atoms with E-state index in [2.05, 4.69) is 16.7 Å². The Morgan fingerprint density at radius 1 is 1.43 bits per heavy atom. The molecule has 154 valence electrons. The summed E-state index contributed by atoms with van der Waals surface area (Å²) in [5, 5.41) is 6.65. The first-order valence-electron chi connectivity index (χ1n) is 8.85. The van der Waals surface area contributed by atoms with Crippen LogP contribution in [0.5, 0.6) is 0 Å². The number of hydrogen-bond donors (Lipinski definition) is 0. The highest BCUT2D eigenvalue weighted by molar-refractivity contribution is 7.10. The van der Waals surface area contributed by atoms with Crippen LogP contribution in [0.1, 0.15) is 46.0 Å². The summed E-state index contributed by atoms with van der Waals surface area (Å²) in [6, 6.07) is 0.326. The highest BCUT2D eigenvalue weighted by atomic mass is 32.1. The quantitative estimate of drug-likeness (QED) is 0.238. The van der Waals surface area contributed by atoms with E-state index in [9.17, 15) is 9.18 Å². The number of allylic oxidation sites excluding steroid dienone is 7. The predicted molar refractivity (Wildman–Crippen MR) is 117 cm³/mol. The van der Waals surface area contributed by atoms with Gasteiger partial charge in [0.05, 0.1) is 0 Å². The fourth-order valence-corrected chi connectivity index (χ4v) is 2.25. The largest absolute Gasteiger partial charge is 0.362 e. The van der Waals surface area contributed by atoms with Gasteiger partial charge in [-0.25, -0.2) is 9.37 Å². The van der Waals surface area contributed by atoms with E-state index in [4.69, 9.17) is 4.84 Å². The Hall–Kier alpha value is -2.54. The lowest BCUT2D eigenvalue weighted by Crippen LogP contribution is -2.30. The summed E-state index contributed by atoms with van der Waals surface area (Å²) >= 11 is 1.55. The molecule has 0 saturated heterocycles. The minimum absolute atomic E-state index is 0.125. The van der Waals surface area contributed by atoms with Gasteiger partial charge in [-0.2, -0.15) is 0 Å². The van der Waals surface area contributed by atoms with Crippen molar-refractivity contribution in [2.45, 2.75) is 47.1 Å². The Labute approximate surface area is 171 Å². The first-order chi connectivity index (χ1) is 13.2. The van der Waals surface area contributed by atoms with E-state index < -0.39 is 0 Å². The molecule has 0 bridgehead atoms. The van der Waals surface area contributed by atoms with E-state index >= 15 is 0 Å². The van der Waals surface area contributed by atoms with Crippen molar-refractivity contribution in [3.8, 4) is 0 Å². The SMILES string of the molecule is C=C/C=C(F)\C=C/C/C=N/O/C(C)=C(\C)c1nccs1.CC(=O)N(C)C(C)C. The molecule has 0 saturated carbocycles. The van der Waals surface area contributed by atoms with Gasteiger partial charge >= 0.3 is 0 Å². The third kappa shape index (κ3) is 11.2. The van der Waals surface area contributed by atoms with Gasteiger partial charge in [-0.05, 0) is 39.8 Å². The molecule has 1 aromatic heterocycles. The van der Waals surface area contributed by atoms with Crippen LogP contribution in [0.4, 0.5) is 4.39 Å². The first kappa shape index (κ1) is 25.5. The van der Waals surface area contributed by atoms with Crippen molar-refractivity contribution < 1.29 is 14.0 Å². The van der Waals surface area contributed by atoms with E-state index in [1.54, 1.807) is 48.7 Å². The standard InChI is InChI=1S/C15H17FN2OS.C6H13NO/c1-4-7-14(16)8-5-6-9-18-19-13(3)12(2)15-17-10-11-20-15;1-5(2)7(4)6(3)8/h4-5,7-11H,1,6H2,2-3H3;5H,1-4H3/b8-5-,13-12+,14-7+,18-9+;. The van der Waals surface area contributed by atoms with Gasteiger partial charge in [-0.15, -0.1) is 11.3 Å². The number of rotatable bonds is 8. The molecule has 0 spiro atoms. The molecular formula is C21H30FN3O2S. The van der Waals surface area contributed by atoms with E-state index in [0.717, 1.165) is 10.6 Å². The lowest BCUT2D eigenvalue weighted by molar-refractivity contribution is -0.128. The molecule has 1 heterocycles. The van der Waals surface area contributed by atoms with Crippen molar-refractivity contribution >= 4 is 29.0 Å².